The molecule has 3 aromatic rings. The Kier molecular flexibility index (Phi) is 2.64. The van der Waals surface area contributed by atoms with Gasteiger partial charge in [-0.05, 0) is 36.4 Å². The molecule has 19 heavy (non-hydrogen) atoms. The highest BCUT2D eigenvalue weighted by molar-refractivity contribution is 6.08. The van der Waals surface area contributed by atoms with Gasteiger partial charge in [-0.15, -0.1) is 0 Å². The van der Waals surface area contributed by atoms with Crippen molar-refractivity contribution in [3.63, 3.8) is 0 Å². The van der Waals surface area contributed by atoms with Gasteiger partial charge in [0.25, 0.3) is 11.6 Å². The lowest BCUT2D eigenvalue weighted by atomic mass is 10.2. The zero-order valence-electron chi connectivity index (χ0n) is 9.66. The predicted molar refractivity (Wildman–Crippen MR) is 63.0 cm³/mol. The van der Waals surface area contributed by atoms with Gasteiger partial charge in [0.2, 0.25) is 0 Å². The fourth-order valence-corrected chi connectivity index (χ4v) is 1.64. The molecule has 0 fully saturated rings. The molecule has 0 bridgehead atoms. The Morgan fingerprint density at radius 3 is 1.53 bits per heavy atom. The van der Waals surface area contributed by atoms with E-state index >= 15 is 0 Å². The second-order valence-corrected chi connectivity index (χ2v) is 3.78. The Labute approximate surface area is 107 Å². The van der Waals surface area contributed by atoms with Gasteiger partial charge in [0.05, 0.1) is 12.5 Å². The first-order valence-electron chi connectivity index (χ1n) is 5.52. The highest BCUT2D eigenvalue weighted by atomic mass is 16.4. The van der Waals surface area contributed by atoms with Crippen LogP contribution in [-0.2, 0) is 0 Å². The molecule has 0 saturated carbocycles. The van der Waals surface area contributed by atoms with Crippen molar-refractivity contribution in [3.05, 3.63) is 72.0 Å². The minimum atomic E-state index is -0.413. The van der Waals surface area contributed by atoms with Gasteiger partial charge >= 0.3 is 0 Å². The van der Waals surface area contributed by atoms with E-state index in [0.29, 0.717) is 0 Å². The number of carbonyl (C=O) groups is 2. The summed E-state index contributed by atoms with van der Waals surface area (Å²) in [6.45, 7) is 0. The monoisotopic (exact) mass is 256 g/mol. The van der Waals surface area contributed by atoms with Gasteiger partial charge in [-0.1, -0.05) is 0 Å². The number of furan rings is 3. The number of hydrogen-bond acceptors (Lipinski definition) is 5. The van der Waals surface area contributed by atoms with E-state index in [-0.39, 0.29) is 23.0 Å². The van der Waals surface area contributed by atoms with Gasteiger partial charge in [-0.25, -0.2) is 0 Å². The molecule has 94 valence electrons. The number of rotatable bonds is 4. The van der Waals surface area contributed by atoms with Crippen LogP contribution < -0.4 is 0 Å². The molecule has 0 atom stereocenters. The van der Waals surface area contributed by atoms with Crippen molar-refractivity contribution >= 4 is 11.6 Å². The maximum absolute atomic E-state index is 11.9. The largest absolute Gasteiger partial charge is 0.461 e. The average Bonchev–Trinajstić information content (AvgIpc) is 3.16. The minimum absolute atomic E-state index is 0.0462. The first-order valence-corrected chi connectivity index (χ1v) is 5.52. The van der Waals surface area contributed by atoms with Crippen LogP contribution in [0.4, 0.5) is 0 Å². The summed E-state index contributed by atoms with van der Waals surface area (Å²) in [6, 6.07) is 9.12. The third-order valence-electron chi connectivity index (χ3n) is 2.54. The molecule has 3 rings (SSSR count). The molecule has 5 nitrogen and oxygen atoms in total. The quantitative estimate of drug-likeness (QED) is 0.671. The van der Waals surface area contributed by atoms with Gasteiger partial charge in [0.1, 0.15) is 0 Å². The molecule has 0 aliphatic carbocycles. The topological polar surface area (TPSA) is 73.6 Å². The molecule has 0 amide bonds. The first kappa shape index (κ1) is 11.3. The fourth-order valence-electron chi connectivity index (χ4n) is 1.64. The smallest absolute Gasteiger partial charge is 0.263 e. The van der Waals surface area contributed by atoms with E-state index < -0.39 is 11.6 Å². The summed E-state index contributed by atoms with van der Waals surface area (Å²) in [4.78, 5) is 23.8. The molecule has 0 unspecified atom stereocenters. The molecule has 0 aliphatic heterocycles. The molecule has 5 heteroatoms. The van der Waals surface area contributed by atoms with Gasteiger partial charge in [0, 0.05) is 0 Å². The second kappa shape index (κ2) is 4.45. The van der Waals surface area contributed by atoms with E-state index in [1.165, 1.54) is 36.8 Å². The van der Waals surface area contributed by atoms with Crippen molar-refractivity contribution in [2.24, 2.45) is 0 Å². The number of hydrogen-bond donors (Lipinski definition) is 0. The van der Waals surface area contributed by atoms with E-state index in [0.717, 1.165) is 0 Å². The van der Waals surface area contributed by atoms with Crippen molar-refractivity contribution in [1.29, 1.82) is 0 Å². The Balaban J connectivity index is 1.88. The van der Waals surface area contributed by atoms with Crippen molar-refractivity contribution in [2.45, 2.75) is 0 Å². The molecule has 0 aliphatic rings. The van der Waals surface area contributed by atoms with Gasteiger partial charge in [-0.3, -0.25) is 9.59 Å². The lowest BCUT2D eigenvalue weighted by Crippen LogP contribution is -1.99. The van der Waals surface area contributed by atoms with Gasteiger partial charge in [0.15, 0.2) is 23.0 Å². The van der Waals surface area contributed by atoms with E-state index in [9.17, 15) is 9.59 Å². The molecule has 0 N–H and O–H groups in total. The van der Waals surface area contributed by atoms with E-state index in [4.69, 9.17) is 13.3 Å². The van der Waals surface area contributed by atoms with Crippen molar-refractivity contribution in [3.8, 4) is 0 Å². The van der Waals surface area contributed by atoms with E-state index in [1.807, 2.05) is 0 Å². The molecular formula is C14H8O5. The Bertz CT molecular complexity index is 640. The highest BCUT2D eigenvalue weighted by Crippen LogP contribution is 2.17. The van der Waals surface area contributed by atoms with E-state index in [1.54, 1.807) is 12.1 Å². The molecule has 0 radical (unpaired) electrons. The Morgan fingerprint density at radius 1 is 0.684 bits per heavy atom. The highest BCUT2D eigenvalue weighted by Gasteiger charge is 2.20. The molecule has 0 saturated heterocycles. The maximum atomic E-state index is 11.9. The standard InChI is InChI=1S/C14H8O5/c15-13(9-3-1-7-17-9)11-5-6-12(19-11)14(16)10-4-2-8-18-10/h1-8H. The normalized spacial score (nSPS) is 10.5. The van der Waals surface area contributed by atoms with Crippen molar-refractivity contribution < 1.29 is 22.8 Å². The van der Waals surface area contributed by atoms with Crippen molar-refractivity contribution in [1.82, 2.24) is 0 Å². The number of ketones is 2. The third kappa shape index (κ3) is 2.01. The molecule has 3 heterocycles. The molecule has 0 spiro atoms. The van der Waals surface area contributed by atoms with Crippen molar-refractivity contribution in [2.75, 3.05) is 0 Å². The Hall–Kier alpha value is -2.82. The SMILES string of the molecule is O=C(c1ccco1)c1ccc(C(=O)c2ccco2)o1. The lowest BCUT2D eigenvalue weighted by Gasteiger charge is -1.93. The van der Waals surface area contributed by atoms with Crippen LogP contribution in [0.2, 0.25) is 0 Å². The molecule has 3 aromatic heterocycles. The predicted octanol–water partition coefficient (Wildman–Crippen LogP) is 2.93. The van der Waals surface area contributed by atoms with Crippen LogP contribution in [0.3, 0.4) is 0 Å². The summed E-state index contributed by atoms with van der Waals surface area (Å²) >= 11 is 0. The van der Waals surface area contributed by atoms with E-state index in [2.05, 4.69) is 0 Å². The first-order chi connectivity index (χ1) is 9.25. The summed E-state index contributed by atoms with van der Waals surface area (Å²) in [6.07, 6.45) is 2.79. The van der Waals surface area contributed by atoms with Crippen LogP contribution in [0.25, 0.3) is 0 Å². The summed E-state index contributed by atoms with van der Waals surface area (Å²) < 4.78 is 15.2. The zero-order valence-corrected chi connectivity index (χ0v) is 9.66. The zero-order chi connectivity index (χ0) is 13.2. The van der Waals surface area contributed by atoms with Crippen LogP contribution in [0.5, 0.6) is 0 Å². The summed E-state index contributed by atoms with van der Waals surface area (Å²) in [7, 11) is 0. The Morgan fingerprint density at radius 2 is 1.16 bits per heavy atom. The summed E-state index contributed by atoms with van der Waals surface area (Å²) in [5.74, 6) is -0.417. The van der Waals surface area contributed by atoms with Crippen LogP contribution in [0.1, 0.15) is 32.6 Å². The van der Waals surface area contributed by atoms with Gasteiger partial charge in [-0.2, -0.15) is 0 Å². The van der Waals surface area contributed by atoms with Gasteiger partial charge < -0.3 is 13.3 Å². The van der Waals surface area contributed by atoms with Crippen LogP contribution >= 0.6 is 0 Å². The van der Waals surface area contributed by atoms with Crippen LogP contribution in [-0.4, -0.2) is 11.6 Å². The van der Waals surface area contributed by atoms with Crippen LogP contribution in [0, 0.1) is 0 Å². The minimum Gasteiger partial charge on any atom is -0.461 e. The number of carbonyl (C=O) groups excluding carboxylic acids is 2. The second-order valence-electron chi connectivity index (χ2n) is 3.78. The summed E-state index contributed by atoms with van der Waals surface area (Å²) in [5, 5.41) is 0. The van der Waals surface area contributed by atoms with Crippen LogP contribution in [0.15, 0.2) is 62.2 Å². The molecule has 0 aromatic carbocycles. The lowest BCUT2D eigenvalue weighted by molar-refractivity contribution is 0.0959. The fraction of sp³-hybridized carbons (Fsp3) is 0. The molecular weight excluding hydrogens is 248 g/mol. The maximum Gasteiger partial charge on any atom is 0.263 e. The summed E-state index contributed by atoms with van der Waals surface area (Å²) in [5.41, 5.74) is 0. The third-order valence-corrected chi connectivity index (χ3v) is 2.54. The average molecular weight is 256 g/mol.